The number of fused-ring (bicyclic) bond motifs is 2. The van der Waals surface area contributed by atoms with E-state index in [1.807, 2.05) is 42.6 Å². The van der Waals surface area contributed by atoms with Crippen LogP contribution in [0.25, 0.3) is 33.7 Å². The molecule has 0 fully saturated rings. The fourth-order valence-corrected chi connectivity index (χ4v) is 5.08. The number of amides is 1. The lowest BCUT2D eigenvalue weighted by Gasteiger charge is -2.07. The summed E-state index contributed by atoms with van der Waals surface area (Å²) < 4.78 is 12.3. The molecular formula is C33H24ClN5O4. The van der Waals surface area contributed by atoms with E-state index in [0.29, 0.717) is 45.2 Å². The van der Waals surface area contributed by atoms with E-state index in [4.69, 9.17) is 20.8 Å². The van der Waals surface area contributed by atoms with Crippen LogP contribution in [0.5, 0.6) is 5.88 Å². The Hall–Kier alpha value is -5.59. The van der Waals surface area contributed by atoms with Gasteiger partial charge in [0.2, 0.25) is 5.88 Å². The number of nitrogens with zero attached hydrogens (tertiary/aromatic N) is 3. The standard InChI is InChI=1S/C33H24ClN5O4/c1-42-31-10-6-21(17-36-31)18-39-19-25(27-8-7-26(34)14-29(27)39)13-24(15-35)22-3-2-4-23(12-22)32(40)37-16-20-5-9-30-28(11-20)38-33(41)43-30/h2-14,17,19H,16,18H2,1H3,(H,37,40)(H,38,41)/b24-13+. The zero-order valence-corrected chi connectivity index (χ0v) is 23.7. The van der Waals surface area contributed by atoms with Crippen LogP contribution < -0.4 is 15.8 Å². The average molecular weight is 590 g/mol. The summed E-state index contributed by atoms with van der Waals surface area (Å²) in [6, 6.07) is 23.8. The van der Waals surface area contributed by atoms with Gasteiger partial charge in [0.1, 0.15) is 0 Å². The molecule has 0 aliphatic rings. The van der Waals surface area contributed by atoms with Gasteiger partial charge in [-0.05, 0) is 59.2 Å². The molecule has 0 radical (unpaired) electrons. The molecule has 1 amide bonds. The number of ether oxygens (including phenoxy) is 1. The number of methoxy groups -OCH3 is 1. The van der Waals surface area contributed by atoms with E-state index in [1.54, 1.807) is 55.8 Å². The van der Waals surface area contributed by atoms with Crippen LogP contribution in [0.4, 0.5) is 0 Å². The summed E-state index contributed by atoms with van der Waals surface area (Å²) >= 11 is 6.34. The maximum Gasteiger partial charge on any atom is 0.417 e. The highest BCUT2D eigenvalue weighted by atomic mass is 35.5. The minimum absolute atomic E-state index is 0.249. The third-order valence-corrected chi connectivity index (χ3v) is 7.26. The minimum atomic E-state index is -0.530. The number of aromatic nitrogens is 3. The fraction of sp³-hybridized carbons (Fsp3) is 0.0909. The van der Waals surface area contributed by atoms with Crippen molar-refractivity contribution >= 4 is 51.2 Å². The van der Waals surface area contributed by atoms with Gasteiger partial charge in [0.15, 0.2) is 5.58 Å². The Balaban J connectivity index is 1.26. The van der Waals surface area contributed by atoms with Crippen LogP contribution in [0.1, 0.15) is 32.6 Å². The molecule has 0 bridgehead atoms. The van der Waals surface area contributed by atoms with Crippen molar-refractivity contribution < 1.29 is 13.9 Å². The van der Waals surface area contributed by atoms with Gasteiger partial charge in [-0.1, -0.05) is 41.9 Å². The van der Waals surface area contributed by atoms with E-state index in [9.17, 15) is 14.9 Å². The molecule has 0 aliphatic carbocycles. The Labute approximate surface area is 250 Å². The molecule has 10 heteroatoms. The Morgan fingerprint density at radius 3 is 2.74 bits per heavy atom. The molecule has 3 aromatic heterocycles. The third-order valence-electron chi connectivity index (χ3n) is 7.03. The lowest BCUT2D eigenvalue weighted by atomic mass is 10.0. The number of allylic oxidation sites excluding steroid dienone is 1. The number of halogens is 1. The quantitative estimate of drug-likeness (QED) is 0.204. The molecule has 0 spiro atoms. The lowest BCUT2D eigenvalue weighted by Crippen LogP contribution is -2.22. The number of aromatic amines is 1. The summed E-state index contributed by atoms with van der Waals surface area (Å²) in [4.78, 5) is 31.3. The van der Waals surface area contributed by atoms with Gasteiger partial charge < -0.3 is 19.0 Å². The van der Waals surface area contributed by atoms with Gasteiger partial charge in [-0.2, -0.15) is 5.26 Å². The van der Waals surface area contributed by atoms with Crippen LogP contribution in [0.2, 0.25) is 5.02 Å². The molecule has 212 valence electrons. The number of hydrogen-bond acceptors (Lipinski definition) is 6. The van der Waals surface area contributed by atoms with Gasteiger partial charge in [-0.25, -0.2) is 9.78 Å². The molecule has 43 heavy (non-hydrogen) atoms. The largest absolute Gasteiger partial charge is 0.481 e. The summed E-state index contributed by atoms with van der Waals surface area (Å²) in [5.41, 5.74) is 5.98. The average Bonchev–Trinajstić information content (AvgIpc) is 3.56. The van der Waals surface area contributed by atoms with Crippen molar-refractivity contribution in [3.05, 3.63) is 129 Å². The number of oxazole rings is 1. The van der Waals surface area contributed by atoms with Crippen LogP contribution in [0.3, 0.4) is 0 Å². The summed E-state index contributed by atoms with van der Waals surface area (Å²) in [6.45, 7) is 0.793. The summed E-state index contributed by atoms with van der Waals surface area (Å²) in [6.07, 6.45) is 5.55. The molecule has 2 N–H and O–H groups in total. The van der Waals surface area contributed by atoms with Crippen molar-refractivity contribution in [2.24, 2.45) is 0 Å². The smallest absolute Gasteiger partial charge is 0.417 e. The molecule has 0 unspecified atom stereocenters. The highest BCUT2D eigenvalue weighted by Gasteiger charge is 2.13. The second-order valence-corrected chi connectivity index (χ2v) is 10.3. The van der Waals surface area contributed by atoms with Gasteiger partial charge in [0, 0.05) is 53.1 Å². The highest BCUT2D eigenvalue weighted by Crippen LogP contribution is 2.29. The molecule has 3 heterocycles. The van der Waals surface area contributed by atoms with E-state index in [1.165, 1.54) is 0 Å². The topological polar surface area (TPSA) is 126 Å². The Morgan fingerprint density at radius 2 is 1.95 bits per heavy atom. The number of benzene rings is 3. The first-order valence-corrected chi connectivity index (χ1v) is 13.7. The number of nitrogens with one attached hydrogen (secondary N) is 2. The van der Waals surface area contributed by atoms with E-state index in [2.05, 4.69) is 25.9 Å². The van der Waals surface area contributed by atoms with E-state index in [-0.39, 0.29) is 12.5 Å². The maximum atomic E-state index is 13.0. The monoisotopic (exact) mass is 589 g/mol. The van der Waals surface area contributed by atoms with Crippen LogP contribution in [-0.2, 0) is 13.1 Å². The Bertz CT molecular complexity index is 2120. The Kier molecular flexibility index (Phi) is 7.52. The maximum absolute atomic E-state index is 13.0. The number of nitriles is 1. The number of hydrogen-bond donors (Lipinski definition) is 2. The Morgan fingerprint density at radius 1 is 1.12 bits per heavy atom. The van der Waals surface area contributed by atoms with Gasteiger partial charge in [-0.15, -0.1) is 0 Å². The molecule has 0 aliphatic heterocycles. The van der Waals surface area contributed by atoms with Gasteiger partial charge >= 0.3 is 5.76 Å². The molecule has 3 aromatic carbocycles. The third kappa shape index (κ3) is 5.91. The number of H-pyrrole nitrogens is 1. The molecule has 0 saturated carbocycles. The zero-order valence-electron chi connectivity index (χ0n) is 22.9. The van der Waals surface area contributed by atoms with Crippen LogP contribution >= 0.6 is 11.6 Å². The predicted octanol–water partition coefficient (Wildman–Crippen LogP) is 6.18. The summed E-state index contributed by atoms with van der Waals surface area (Å²) in [7, 11) is 1.57. The normalized spacial score (nSPS) is 11.5. The number of carbonyl (C=O) groups is 1. The van der Waals surface area contributed by atoms with Crippen molar-refractivity contribution in [3.8, 4) is 11.9 Å². The zero-order chi connectivity index (χ0) is 29.9. The van der Waals surface area contributed by atoms with E-state index in [0.717, 1.165) is 27.6 Å². The first kappa shape index (κ1) is 27.6. The van der Waals surface area contributed by atoms with Crippen molar-refractivity contribution in [2.45, 2.75) is 13.1 Å². The van der Waals surface area contributed by atoms with Crippen molar-refractivity contribution in [1.29, 1.82) is 5.26 Å². The first-order chi connectivity index (χ1) is 20.9. The molecule has 0 saturated heterocycles. The summed E-state index contributed by atoms with van der Waals surface area (Å²) in [5.74, 6) is -0.285. The lowest BCUT2D eigenvalue weighted by molar-refractivity contribution is 0.0951. The predicted molar refractivity (Wildman–Crippen MR) is 165 cm³/mol. The minimum Gasteiger partial charge on any atom is -0.481 e. The van der Waals surface area contributed by atoms with Crippen molar-refractivity contribution in [3.63, 3.8) is 0 Å². The molecule has 6 aromatic rings. The van der Waals surface area contributed by atoms with Crippen LogP contribution in [0, 0.1) is 11.3 Å². The van der Waals surface area contributed by atoms with E-state index < -0.39 is 5.76 Å². The molecule has 6 rings (SSSR count). The second-order valence-electron chi connectivity index (χ2n) is 9.86. The van der Waals surface area contributed by atoms with Gasteiger partial charge in [0.05, 0.1) is 29.8 Å². The molecular weight excluding hydrogens is 566 g/mol. The number of carbonyl (C=O) groups excluding carboxylic acids is 1. The first-order valence-electron chi connectivity index (χ1n) is 13.3. The van der Waals surface area contributed by atoms with E-state index >= 15 is 0 Å². The van der Waals surface area contributed by atoms with Crippen LogP contribution in [-0.4, -0.2) is 27.6 Å². The van der Waals surface area contributed by atoms with Crippen molar-refractivity contribution in [2.75, 3.05) is 7.11 Å². The summed E-state index contributed by atoms with van der Waals surface area (Å²) in [5, 5.41) is 14.5. The molecule has 9 nitrogen and oxygen atoms in total. The SMILES string of the molecule is COc1ccc(Cn2cc(/C=C(\C#N)c3cccc(C(=O)NCc4ccc5oc(=O)[nH]c5c4)c3)c3ccc(Cl)cc32)cn1. The number of rotatable bonds is 8. The van der Waals surface area contributed by atoms with Crippen LogP contribution in [0.15, 0.2) is 94.4 Å². The number of pyridine rings is 1. The van der Waals surface area contributed by atoms with Gasteiger partial charge in [-0.3, -0.25) is 9.78 Å². The van der Waals surface area contributed by atoms with Gasteiger partial charge in [0.25, 0.3) is 5.91 Å². The van der Waals surface area contributed by atoms with Crippen molar-refractivity contribution in [1.82, 2.24) is 19.9 Å². The fourth-order valence-electron chi connectivity index (χ4n) is 4.92. The molecule has 0 atom stereocenters. The highest BCUT2D eigenvalue weighted by molar-refractivity contribution is 6.31. The second kappa shape index (κ2) is 11.7.